The van der Waals surface area contributed by atoms with Gasteiger partial charge in [0.05, 0.1) is 0 Å². The van der Waals surface area contributed by atoms with Crippen LogP contribution in [0.25, 0.3) is 0 Å². The molecule has 1 aliphatic heterocycles. The molecule has 3 nitrogen and oxygen atoms in total. The van der Waals surface area contributed by atoms with Gasteiger partial charge in [0.15, 0.2) is 0 Å². The lowest BCUT2D eigenvalue weighted by Crippen LogP contribution is -2.57. The third kappa shape index (κ3) is 1.88. The Morgan fingerprint density at radius 3 is 2.47 bits per heavy atom. The number of carbonyl (C=O) groups is 1. The van der Waals surface area contributed by atoms with Gasteiger partial charge in [-0.15, -0.1) is 0 Å². The first-order chi connectivity index (χ1) is 8.20. The summed E-state index contributed by atoms with van der Waals surface area (Å²) in [5.41, 5.74) is 0. The van der Waals surface area contributed by atoms with Crippen molar-refractivity contribution < 1.29 is 4.79 Å². The molecular weight excluding hydrogens is 212 g/mol. The van der Waals surface area contributed by atoms with E-state index in [1.807, 2.05) is 0 Å². The quantitative estimate of drug-likeness (QED) is 0.750. The molecule has 3 rings (SSSR count). The third-order valence-electron chi connectivity index (χ3n) is 5.26. The van der Waals surface area contributed by atoms with E-state index >= 15 is 0 Å². The second kappa shape index (κ2) is 4.27. The SMILES string of the molecule is CC1NCCN(C(=O)C2C3CCCCC32)C1C. The van der Waals surface area contributed by atoms with Crippen LogP contribution in [-0.2, 0) is 4.79 Å². The number of amides is 1. The summed E-state index contributed by atoms with van der Waals surface area (Å²) in [7, 11) is 0. The van der Waals surface area contributed by atoms with E-state index in [1.165, 1.54) is 25.7 Å². The first-order valence-electron chi connectivity index (χ1n) is 7.24. The van der Waals surface area contributed by atoms with E-state index in [4.69, 9.17) is 0 Å². The molecule has 1 amide bonds. The average molecular weight is 236 g/mol. The third-order valence-corrected chi connectivity index (χ3v) is 5.26. The number of hydrogen-bond donors (Lipinski definition) is 1. The summed E-state index contributed by atoms with van der Waals surface area (Å²) in [6.07, 6.45) is 5.30. The Hall–Kier alpha value is -0.570. The Kier molecular flexibility index (Phi) is 2.89. The highest BCUT2D eigenvalue weighted by Gasteiger charge is 2.56. The molecule has 1 heterocycles. The maximum absolute atomic E-state index is 12.6. The van der Waals surface area contributed by atoms with Crippen LogP contribution in [0, 0.1) is 17.8 Å². The summed E-state index contributed by atoms with van der Waals surface area (Å²) >= 11 is 0. The Labute approximate surface area is 104 Å². The average Bonchev–Trinajstić information content (AvgIpc) is 3.06. The molecule has 2 saturated carbocycles. The van der Waals surface area contributed by atoms with E-state index in [9.17, 15) is 4.79 Å². The van der Waals surface area contributed by atoms with Gasteiger partial charge >= 0.3 is 0 Å². The molecule has 3 fully saturated rings. The van der Waals surface area contributed by atoms with Gasteiger partial charge in [-0.1, -0.05) is 12.8 Å². The van der Waals surface area contributed by atoms with Gasteiger partial charge in [0.25, 0.3) is 0 Å². The summed E-state index contributed by atoms with van der Waals surface area (Å²) in [4.78, 5) is 14.7. The molecule has 3 aliphatic rings. The summed E-state index contributed by atoms with van der Waals surface area (Å²) in [5.74, 6) is 2.34. The van der Waals surface area contributed by atoms with Crippen LogP contribution in [0.3, 0.4) is 0 Å². The minimum absolute atomic E-state index is 0.360. The molecule has 17 heavy (non-hydrogen) atoms. The Bertz CT molecular complexity index is 305. The van der Waals surface area contributed by atoms with Gasteiger partial charge in [0.2, 0.25) is 5.91 Å². The molecule has 0 spiro atoms. The lowest BCUT2D eigenvalue weighted by molar-refractivity contribution is -0.136. The number of nitrogens with zero attached hydrogens (tertiary/aromatic N) is 1. The second-order valence-corrected chi connectivity index (χ2v) is 6.15. The van der Waals surface area contributed by atoms with Gasteiger partial charge in [-0.3, -0.25) is 4.79 Å². The maximum Gasteiger partial charge on any atom is 0.226 e. The van der Waals surface area contributed by atoms with Crippen molar-refractivity contribution >= 4 is 5.91 Å². The lowest BCUT2D eigenvalue weighted by Gasteiger charge is -2.39. The second-order valence-electron chi connectivity index (χ2n) is 6.15. The molecule has 0 radical (unpaired) electrons. The van der Waals surface area contributed by atoms with Crippen molar-refractivity contribution in [3.8, 4) is 0 Å². The van der Waals surface area contributed by atoms with Gasteiger partial charge < -0.3 is 10.2 Å². The minimum Gasteiger partial charge on any atom is -0.337 e. The van der Waals surface area contributed by atoms with Crippen molar-refractivity contribution in [3.05, 3.63) is 0 Å². The molecular formula is C14H24N2O. The molecule has 1 saturated heterocycles. The number of nitrogens with one attached hydrogen (secondary N) is 1. The van der Waals surface area contributed by atoms with Crippen LogP contribution in [0.15, 0.2) is 0 Å². The van der Waals surface area contributed by atoms with Crippen molar-refractivity contribution in [2.45, 2.75) is 51.6 Å². The Morgan fingerprint density at radius 2 is 1.82 bits per heavy atom. The Balaban J connectivity index is 1.66. The van der Waals surface area contributed by atoms with Crippen molar-refractivity contribution in [3.63, 3.8) is 0 Å². The monoisotopic (exact) mass is 236 g/mol. The highest BCUT2D eigenvalue weighted by Crippen LogP contribution is 2.56. The van der Waals surface area contributed by atoms with Crippen molar-refractivity contribution in [1.29, 1.82) is 0 Å². The molecule has 96 valence electrons. The summed E-state index contributed by atoms with van der Waals surface area (Å²) in [6.45, 7) is 6.23. The lowest BCUT2D eigenvalue weighted by atomic mass is 10.0. The Morgan fingerprint density at radius 1 is 1.18 bits per heavy atom. The molecule has 1 N–H and O–H groups in total. The fourth-order valence-electron chi connectivity index (χ4n) is 3.92. The summed E-state index contributed by atoms with van der Waals surface area (Å²) < 4.78 is 0. The van der Waals surface area contributed by atoms with Crippen LogP contribution in [0.2, 0.25) is 0 Å². The van der Waals surface area contributed by atoms with E-state index in [0.717, 1.165) is 24.9 Å². The molecule has 0 aromatic rings. The van der Waals surface area contributed by atoms with Crippen LogP contribution < -0.4 is 5.32 Å². The van der Waals surface area contributed by atoms with E-state index in [1.54, 1.807) is 0 Å². The molecule has 2 aliphatic carbocycles. The molecule has 0 aromatic heterocycles. The van der Waals surface area contributed by atoms with E-state index in [2.05, 4.69) is 24.1 Å². The van der Waals surface area contributed by atoms with Crippen LogP contribution in [0.1, 0.15) is 39.5 Å². The highest BCUT2D eigenvalue weighted by atomic mass is 16.2. The van der Waals surface area contributed by atoms with Gasteiger partial charge in [0.1, 0.15) is 0 Å². The molecule has 3 heteroatoms. The number of rotatable bonds is 1. The zero-order chi connectivity index (χ0) is 12.0. The van der Waals surface area contributed by atoms with Crippen molar-refractivity contribution in [1.82, 2.24) is 10.2 Å². The normalized spacial score (nSPS) is 45.3. The van der Waals surface area contributed by atoms with Crippen LogP contribution in [0.5, 0.6) is 0 Å². The van der Waals surface area contributed by atoms with E-state index in [-0.39, 0.29) is 0 Å². The standard InChI is InChI=1S/C14H24N2O/c1-9-10(2)16(8-7-15-9)14(17)13-11-5-3-4-6-12(11)13/h9-13,15H,3-8H2,1-2H3. The van der Waals surface area contributed by atoms with Crippen LogP contribution >= 0.6 is 0 Å². The zero-order valence-corrected chi connectivity index (χ0v) is 11.0. The fourth-order valence-corrected chi connectivity index (χ4v) is 3.92. The smallest absolute Gasteiger partial charge is 0.226 e. The zero-order valence-electron chi connectivity index (χ0n) is 11.0. The van der Waals surface area contributed by atoms with Gasteiger partial charge in [-0.2, -0.15) is 0 Å². The van der Waals surface area contributed by atoms with Gasteiger partial charge in [-0.25, -0.2) is 0 Å². The molecule has 0 bridgehead atoms. The molecule has 4 unspecified atom stereocenters. The van der Waals surface area contributed by atoms with E-state index in [0.29, 0.717) is 23.9 Å². The van der Waals surface area contributed by atoms with Gasteiger partial charge in [0, 0.05) is 31.1 Å². The van der Waals surface area contributed by atoms with Crippen molar-refractivity contribution in [2.24, 2.45) is 17.8 Å². The first-order valence-corrected chi connectivity index (χ1v) is 7.24. The van der Waals surface area contributed by atoms with E-state index < -0.39 is 0 Å². The largest absolute Gasteiger partial charge is 0.337 e. The van der Waals surface area contributed by atoms with Crippen LogP contribution in [0.4, 0.5) is 0 Å². The fraction of sp³-hybridized carbons (Fsp3) is 0.929. The van der Waals surface area contributed by atoms with Crippen LogP contribution in [-0.4, -0.2) is 36.0 Å². The van der Waals surface area contributed by atoms with Gasteiger partial charge in [-0.05, 0) is 38.5 Å². The predicted molar refractivity (Wildman–Crippen MR) is 67.6 cm³/mol. The topological polar surface area (TPSA) is 32.3 Å². The number of carbonyl (C=O) groups excluding carboxylic acids is 1. The highest BCUT2D eigenvalue weighted by molar-refractivity contribution is 5.83. The maximum atomic E-state index is 12.6. The first kappa shape index (κ1) is 11.5. The number of piperazine rings is 1. The predicted octanol–water partition coefficient (Wildman–Crippen LogP) is 1.63. The molecule has 0 aromatic carbocycles. The number of hydrogen-bond acceptors (Lipinski definition) is 2. The number of fused-ring (bicyclic) bond motifs is 1. The summed E-state index contributed by atoms with van der Waals surface area (Å²) in [5, 5.41) is 3.44. The minimum atomic E-state index is 0.360. The molecule has 4 atom stereocenters. The van der Waals surface area contributed by atoms with Crippen molar-refractivity contribution in [2.75, 3.05) is 13.1 Å². The summed E-state index contributed by atoms with van der Waals surface area (Å²) in [6, 6.07) is 0.799.